The average Bonchev–Trinajstić information content (AvgIpc) is 2.76. The largest absolute Gasteiger partial charge is 0.376 e. The van der Waals surface area contributed by atoms with Gasteiger partial charge in [-0.15, -0.1) is 0 Å². The third-order valence-electron chi connectivity index (χ3n) is 3.55. The first-order valence-electron chi connectivity index (χ1n) is 6.99. The van der Waals surface area contributed by atoms with Gasteiger partial charge in [0.2, 0.25) is 0 Å². The van der Waals surface area contributed by atoms with E-state index in [1.165, 1.54) is 0 Å². The zero-order valence-corrected chi connectivity index (χ0v) is 11.5. The third-order valence-corrected chi connectivity index (χ3v) is 3.55. The molecule has 0 spiro atoms. The van der Waals surface area contributed by atoms with Crippen molar-refractivity contribution in [3.8, 4) is 0 Å². The van der Waals surface area contributed by atoms with E-state index in [0.29, 0.717) is 17.9 Å². The lowest BCUT2D eigenvalue weighted by atomic mass is 10.2. The molecule has 3 heterocycles. The monoisotopic (exact) mass is 274 g/mol. The smallest absolute Gasteiger partial charge is 0.274 e. The fourth-order valence-corrected chi connectivity index (χ4v) is 2.42. The Labute approximate surface area is 117 Å². The van der Waals surface area contributed by atoms with Crippen LogP contribution in [0.4, 0.5) is 0 Å². The van der Waals surface area contributed by atoms with Gasteiger partial charge >= 0.3 is 0 Å². The summed E-state index contributed by atoms with van der Waals surface area (Å²) in [5.74, 6) is -0.0422. The molecule has 1 aliphatic heterocycles. The van der Waals surface area contributed by atoms with Gasteiger partial charge < -0.3 is 9.64 Å². The van der Waals surface area contributed by atoms with Crippen LogP contribution in [0.15, 0.2) is 24.5 Å². The number of carbonyl (C=O) groups excluding carboxylic acids is 1. The highest BCUT2D eigenvalue weighted by Crippen LogP contribution is 2.13. The minimum atomic E-state index is -0.0422. The van der Waals surface area contributed by atoms with Gasteiger partial charge in [0.15, 0.2) is 11.3 Å². The summed E-state index contributed by atoms with van der Waals surface area (Å²) < 4.78 is 7.32. The first-order chi connectivity index (χ1) is 9.78. The van der Waals surface area contributed by atoms with Gasteiger partial charge in [-0.05, 0) is 18.9 Å². The van der Waals surface area contributed by atoms with Crippen LogP contribution in [0.3, 0.4) is 0 Å². The summed E-state index contributed by atoms with van der Waals surface area (Å²) in [6.45, 7) is 4.15. The Morgan fingerprint density at radius 3 is 3.25 bits per heavy atom. The zero-order valence-electron chi connectivity index (χ0n) is 11.5. The number of carbonyl (C=O) groups is 1. The second-order valence-electron chi connectivity index (χ2n) is 4.96. The average molecular weight is 274 g/mol. The van der Waals surface area contributed by atoms with Gasteiger partial charge in [0, 0.05) is 38.2 Å². The lowest BCUT2D eigenvalue weighted by Gasteiger charge is -2.22. The first kappa shape index (κ1) is 13.1. The minimum absolute atomic E-state index is 0.0422. The second kappa shape index (κ2) is 5.58. The summed E-state index contributed by atoms with van der Waals surface area (Å²) in [6.07, 6.45) is 5.39. The highest BCUT2D eigenvalue weighted by molar-refractivity contribution is 5.93. The Morgan fingerprint density at radius 2 is 2.45 bits per heavy atom. The summed E-state index contributed by atoms with van der Waals surface area (Å²) in [7, 11) is 0. The standard InChI is InChI=1S/C14H18N4O2/c1-2-11-10-17(6-4-8-20-11)14(19)12-9-13-15-5-3-7-18(13)16-12/h3,5,7,9,11H,2,4,6,8,10H2,1H3. The van der Waals surface area contributed by atoms with E-state index in [4.69, 9.17) is 4.74 Å². The highest BCUT2D eigenvalue weighted by Gasteiger charge is 2.24. The Hall–Kier alpha value is -1.95. The molecule has 0 aromatic carbocycles. The molecule has 20 heavy (non-hydrogen) atoms. The second-order valence-corrected chi connectivity index (χ2v) is 4.96. The van der Waals surface area contributed by atoms with Gasteiger partial charge in [0.1, 0.15) is 0 Å². The van der Waals surface area contributed by atoms with Crippen LogP contribution in [-0.4, -0.2) is 51.2 Å². The van der Waals surface area contributed by atoms with E-state index in [0.717, 1.165) is 26.0 Å². The summed E-state index contributed by atoms with van der Waals surface area (Å²) >= 11 is 0. The summed E-state index contributed by atoms with van der Waals surface area (Å²) in [5.41, 5.74) is 1.13. The molecule has 0 saturated carbocycles. The van der Waals surface area contributed by atoms with Crippen molar-refractivity contribution in [1.29, 1.82) is 0 Å². The molecule has 0 aliphatic carbocycles. The molecule has 1 unspecified atom stereocenters. The fourth-order valence-electron chi connectivity index (χ4n) is 2.42. The topological polar surface area (TPSA) is 59.7 Å². The molecule has 1 saturated heterocycles. The fraction of sp³-hybridized carbons (Fsp3) is 0.500. The van der Waals surface area contributed by atoms with E-state index in [1.807, 2.05) is 4.90 Å². The summed E-state index contributed by atoms with van der Waals surface area (Å²) in [6, 6.07) is 3.52. The van der Waals surface area contributed by atoms with Crippen LogP contribution in [0.1, 0.15) is 30.3 Å². The number of nitrogens with zero attached hydrogens (tertiary/aromatic N) is 4. The van der Waals surface area contributed by atoms with E-state index < -0.39 is 0 Å². The normalized spacial score (nSPS) is 20.1. The van der Waals surface area contributed by atoms with Gasteiger partial charge in [0.25, 0.3) is 5.91 Å². The minimum Gasteiger partial charge on any atom is -0.376 e. The van der Waals surface area contributed by atoms with Crippen LogP contribution in [0.25, 0.3) is 5.65 Å². The Morgan fingerprint density at radius 1 is 1.55 bits per heavy atom. The lowest BCUT2D eigenvalue weighted by Crippen LogP contribution is -2.36. The van der Waals surface area contributed by atoms with Gasteiger partial charge in [-0.2, -0.15) is 5.10 Å². The van der Waals surface area contributed by atoms with Gasteiger partial charge in [-0.1, -0.05) is 6.92 Å². The molecular formula is C14H18N4O2. The van der Waals surface area contributed by atoms with Crippen molar-refractivity contribution in [2.24, 2.45) is 0 Å². The van der Waals surface area contributed by atoms with Crippen molar-refractivity contribution >= 4 is 11.6 Å². The molecule has 1 atom stereocenters. The molecule has 3 rings (SSSR count). The quantitative estimate of drug-likeness (QED) is 0.830. The number of rotatable bonds is 2. The summed E-state index contributed by atoms with van der Waals surface area (Å²) in [5, 5.41) is 4.29. The van der Waals surface area contributed by atoms with Crippen LogP contribution in [0.5, 0.6) is 0 Å². The van der Waals surface area contributed by atoms with Crippen LogP contribution in [-0.2, 0) is 4.74 Å². The van der Waals surface area contributed by atoms with Crippen molar-refractivity contribution in [3.05, 3.63) is 30.2 Å². The Bertz CT molecular complexity index is 577. The molecule has 0 N–H and O–H groups in total. The van der Waals surface area contributed by atoms with E-state index in [-0.39, 0.29) is 12.0 Å². The molecular weight excluding hydrogens is 256 g/mol. The van der Waals surface area contributed by atoms with Gasteiger partial charge in [-0.25, -0.2) is 9.50 Å². The van der Waals surface area contributed by atoms with Crippen molar-refractivity contribution in [3.63, 3.8) is 0 Å². The number of aromatic nitrogens is 3. The maximum atomic E-state index is 12.6. The highest BCUT2D eigenvalue weighted by atomic mass is 16.5. The molecule has 6 heteroatoms. The zero-order chi connectivity index (χ0) is 13.9. The van der Waals surface area contributed by atoms with Crippen molar-refractivity contribution in [1.82, 2.24) is 19.5 Å². The van der Waals surface area contributed by atoms with Gasteiger partial charge in [0.05, 0.1) is 6.10 Å². The molecule has 2 aromatic rings. The van der Waals surface area contributed by atoms with Crippen molar-refractivity contribution in [2.45, 2.75) is 25.9 Å². The molecule has 1 fully saturated rings. The van der Waals surface area contributed by atoms with Crippen LogP contribution in [0, 0.1) is 0 Å². The first-order valence-corrected chi connectivity index (χ1v) is 6.99. The Balaban J connectivity index is 1.83. The van der Waals surface area contributed by atoms with Crippen LogP contribution in [0.2, 0.25) is 0 Å². The number of ether oxygens (including phenoxy) is 1. The number of amides is 1. The maximum Gasteiger partial charge on any atom is 0.274 e. The van der Waals surface area contributed by atoms with E-state index in [2.05, 4.69) is 17.0 Å². The van der Waals surface area contributed by atoms with Crippen molar-refractivity contribution in [2.75, 3.05) is 19.7 Å². The molecule has 2 aromatic heterocycles. The van der Waals surface area contributed by atoms with Crippen LogP contribution < -0.4 is 0 Å². The number of hydrogen-bond donors (Lipinski definition) is 0. The van der Waals surface area contributed by atoms with Gasteiger partial charge in [-0.3, -0.25) is 4.79 Å². The molecule has 1 aliphatic rings. The SMILES string of the molecule is CCC1CN(C(=O)c2cc3ncccn3n2)CCCO1. The predicted octanol–water partition coefficient (Wildman–Crippen LogP) is 1.37. The van der Waals surface area contributed by atoms with E-state index in [9.17, 15) is 4.79 Å². The molecule has 0 bridgehead atoms. The number of hydrogen-bond acceptors (Lipinski definition) is 4. The lowest BCUT2D eigenvalue weighted by molar-refractivity contribution is 0.0457. The van der Waals surface area contributed by atoms with Crippen LogP contribution >= 0.6 is 0 Å². The Kier molecular flexibility index (Phi) is 3.64. The third kappa shape index (κ3) is 2.51. The molecule has 0 radical (unpaired) electrons. The predicted molar refractivity (Wildman–Crippen MR) is 73.5 cm³/mol. The van der Waals surface area contributed by atoms with Crippen molar-refractivity contribution < 1.29 is 9.53 Å². The summed E-state index contributed by atoms with van der Waals surface area (Å²) in [4.78, 5) is 18.6. The number of fused-ring (bicyclic) bond motifs is 1. The van der Waals surface area contributed by atoms with E-state index in [1.54, 1.807) is 29.0 Å². The molecule has 106 valence electrons. The maximum absolute atomic E-state index is 12.6. The van der Waals surface area contributed by atoms with E-state index >= 15 is 0 Å². The molecule has 6 nitrogen and oxygen atoms in total. The molecule has 1 amide bonds.